The van der Waals surface area contributed by atoms with Crippen LogP contribution in [0.1, 0.15) is 23.6 Å². The van der Waals surface area contributed by atoms with Gasteiger partial charge in [0.05, 0.1) is 45.4 Å². The van der Waals surface area contributed by atoms with E-state index >= 15 is 0 Å². The minimum atomic E-state index is -0.611. The second-order valence-electron chi connectivity index (χ2n) is 11.9. The van der Waals surface area contributed by atoms with Crippen LogP contribution in [0.5, 0.6) is 0 Å². The average molecular weight is 667 g/mol. The van der Waals surface area contributed by atoms with Crippen LogP contribution < -0.4 is 0 Å². The number of fused-ring (bicyclic) bond motifs is 1. The van der Waals surface area contributed by atoms with Crippen molar-refractivity contribution in [3.63, 3.8) is 0 Å². The van der Waals surface area contributed by atoms with Crippen LogP contribution in [-0.4, -0.2) is 68.8 Å². The molecule has 2 fully saturated rings. The van der Waals surface area contributed by atoms with Gasteiger partial charge in [0.15, 0.2) is 18.4 Å². The molecule has 246 valence electrons. The number of benzene rings is 3. The molecular weight excluding hydrogens is 622 g/mol. The minimum Gasteiger partial charge on any atom is -0.493 e. The largest absolute Gasteiger partial charge is 0.493 e. The zero-order valence-corrected chi connectivity index (χ0v) is 28.4. The third kappa shape index (κ3) is 8.82. The van der Waals surface area contributed by atoms with E-state index in [1.807, 2.05) is 60.7 Å². The van der Waals surface area contributed by atoms with E-state index in [-0.39, 0.29) is 36.4 Å². The second kappa shape index (κ2) is 16.7. The SMILES string of the molecule is CC1C(O[C@@H]2C=COC3COC(P(C)P)O[C@H]32)OC(COCc2ccccc2)[C@H](OCc2ccccc2)[C@H]1OCc1ccccc1. The van der Waals surface area contributed by atoms with Crippen molar-refractivity contribution in [2.75, 3.05) is 19.9 Å². The van der Waals surface area contributed by atoms with Crippen LogP contribution in [0, 0.1) is 5.92 Å². The van der Waals surface area contributed by atoms with E-state index in [1.54, 1.807) is 6.26 Å². The van der Waals surface area contributed by atoms with Crippen LogP contribution in [-0.2, 0) is 57.7 Å². The molecular formula is C36H44O8P2. The average Bonchev–Trinajstić information content (AvgIpc) is 3.09. The molecule has 3 aromatic carbocycles. The maximum Gasteiger partial charge on any atom is 0.180 e. The van der Waals surface area contributed by atoms with Crippen LogP contribution in [0.4, 0.5) is 0 Å². The Hall–Kier alpha value is -2.22. The quantitative estimate of drug-likeness (QED) is 0.188. The van der Waals surface area contributed by atoms with Gasteiger partial charge in [0.2, 0.25) is 0 Å². The summed E-state index contributed by atoms with van der Waals surface area (Å²) in [6.45, 7) is 6.27. The number of rotatable bonds is 13. The summed E-state index contributed by atoms with van der Waals surface area (Å²) in [5, 5.41) is 0. The molecule has 3 heterocycles. The van der Waals surface area contributed by atoms with E-state index in [9.17, 15) is 0 Å². The van der Waals surface area contributed by atoms with Crippen molar-refractivity contribution in [1.29, 1.82) is 0 Å². The Bertz CT molecular complexity index is 1350. The third-order valence-corrected chi connectivity index (χ3v) is 10.1. The van der Waals surface area contributed by atoms with Crippen molar-refractivity contribution >= 4 is 16.5 Å². The van der Waals surface area contributed by atoms with Crippen LogP contribution in [0.25, 0.3) is 0 Å². The van der Waals surface area contributed by atoms with E-state index in [4.69, 9.17) is 37.9 Å². The lowest BCUT2D eigenvalue weighted by atomic mass is 9.91. The summed E-state index contributed by atoms with van der Waals surface area (Å²) in [6.07, 6.45) is 0.795. The molecule has 11 atom stereocenters. The van der Waals surface area contributed by atoms with Gasteiger partial charge in [-0.15, -0.1) is 8.93 Å². The highest BCUT2D eigenvalue weighted by Crippen LogP contribution is 2.49. The van der Waals surface area contributed by atoms with Gasteiger partial charge in [0.1, 0.15) is 24.4 Å². The Balaban J connectivity index is 1.23. The molecule has 0 saturated carbocycles. The molecule has 3 aliphatic rings. The molecule has 0 radical (unpaired) electrons. The molecule has 0 amide bonds. The normalized spacial score (nSPS) is 31.5. The lowest BCUT2D eigenvalue weighted by molar-refractivity contribution is -0.326. The first-order valence-corrected chi connectivity index (χ1v) is 19.3. The Morgan fingerprint density at radius 2 is 1.37 bits per heavy atom. The zero-order chi connectivity index (χ0) is 31.7. The Morgan fingerprint density at radius 1 is 0.783 bits per heavy atom. The number of hydrogen-bond donors (Lipinski definition) is 0. The molecule has 0 aliphatic carbocycles. The van der Waals surface area contributed by atoms with Crippen molar-refractivity contribution in [2.45, 2.75) is 75.7 Å². The van der Waals surface area contributed by atoms with E-state index in [0.29, 0.717) is 33.0 Å². The van der Waals surface area contributed by atoms with E-state index < -0.39 is 26.1 Å². The highest BCUT2D eigenvalue weighted by atomic mass is 32.0. The minimum absolute atomic E-state index is 0.176. The van der Waals surface area contributed by atoms with Crippen molar-refractivity contribution in [1.82, 2.24) is 0 Å². The summed E-state index contributed by atoms with van der Waals surface area (Å²) < 4.78 is 51.3. The lowest BCUT2D eigenvalue weighted by Crippen LogP contribution is -2.59. The van der Waals surface area contributed by atoms with Crippen molar-refractivity contribution in [3.8, 4) is 0 Å². The highest BCUT2D eigenvalue weighted by molar-refractivity contribution is 8.13. The van der Waals surface area contributed by atoms with Gasteiger partial charge in [0, 0.05) is 5.92 Å². The first-order chi connectivity index (χ1) is 22.5. The Morgan fingerprint density at radius 3 is 1.98 bits per heavy atom. The molecule has 8 nitrogen and oxygen atoms in total. The van der Waals surface area contributed by atoms with Crippen molar-refractivity contribution < 1.29 is 37.9 Å². The van der Waals surface area contributed by atoms with Crippen LogP contribution in [0.15, 0.2) is 103 Å². The standard InChI is InChI=1S/C36H44O8P2/c1-25-32(39-21-27-14-8-4-9-15-27)34(40-22-28-16-10-5-11-17-28)31(23-37-20-26-12-6-3-7-13-26)43-35(25)42-29-18-19-38-30-24-41-36(46(2)45)44-33(29)30/h3-19,25,29-36H,20-24,45H2,1-2H3/t25?,29-,30?,31?,32+,33+,34+,35?,36?,46?/m1/s1. The summed E-state index contributed by atoms with van der Waals surface area (Å²) >= 11 is 0. The van der Waals surface area contributed by atoms with E-state index in [1.165, 1.54) is 0 Å². The fourth-order valence-electron chi connectivity index (χ4n) is 5.94. The number of hydrogen-bond acceptors (Lipinski definition) is 8. The summed E-state index contributed by atoms with van der Waals surface area (Å²) in [5.74, 6) is -0.176. The molecule has 6 rings (SSSR count). The smallest absolute Gasteiger partial charge is 0.180 e. The van der Waals surface area contributed by atoms with Crippen LogP contribution >= 0.6 is 16.5 Å². The van der Waals surface area contributed by atoms with Gasteiger partial charge in [-0.05, 0) is 37.0 Å². The maximum atomic E-state index is 6.77. The van der Waals surface area contributed by atoms with Gasteiger partial charge in [-0.1, -0.05) is 97.9 Å². The van der Waals surface area contributed by atoms with Crippen molar-refractivity contribution in [2.24, 2.45) is 5.92 Å². The Labute approximate surface area is 275 Å². The maximum absolute atomic E-state index is 6.77. The lowest BCUT2D eigenvalue weighted by Gasteiger charge is -2.47. The summed E-state index contributed by atoms with van der Waals surface area (Å²) in [6, 6.07) is 30.2. The molecule has 0 bridgehead atoms. The molecule has 3 aromatic rings. The van der Waals surface area contributed by atoms with E-state index in [0.717, 1.165) is 16.7 Å². The fraction of sp³-hybridized carbons (Fsp3) is 0.444. The molecule has 46 heavy (non-hydrogen) atoms. The molecule has 2 saturated heterocycles. The molecule has 3 aliphatic heterocycles. The number of ether oxygens (including phenoxy) is 8. The molecule has 0 N–H and O–H groups in total. The topological polar surface area (TPSA) is 73.8 Å². The van der Waals surface area contributed by atoms with Crippen molar-refractivity contribution in [3.05, 3.63) is 120 Å². The van der Waals surface area contributed by atoms with Gasteiger partial charge >= 0.3 is 0 Å². The zero-order valence-electron chi connectivity index (χ0n) is 26.3. The Kier molecular flexibility index (Phi) is 12.3. The third-order valence-electron chi connectivity index (χ3n) is 8.42. The monoisotopic (exact) mass is 666 g/mol. The van der Waals surface area contributed by atoms with Gasteiger partial charge in [-0.25, -0.2) is 0 Å². The van der Waals surface area contributed by atoms with Gasteiger partial charge in [-0.2, -0.15) is 0 Å². The summed E-state index contributed by atoms with van der Waals surface area (Å²) in [4.78, 5) is 0. The predicted octanol–water partition coefficient (Wildman–Crippen LogP) is 6.63. The molecule has 10 heteroatoms. The molecule has 7 unspecified atom stereocenters. The fourth-order valence-corrected chi connectivity index (χ4v) is 7.06. The predicted molar refractivity (Wildman–Crippen MR) is 180 cm³/mol. The van der Waals surface area contributed by atoms with Gasteiger partial charge in [0.25, 0.3) is 0 Å². The summed E-state index contributed by atoms with van der Waals surface area (Å²) in [5.41, 5.74) is 3.25. The van der Waals surface area contributed by atoms with E-state index in [2.05, 4.69) is 58.9 Å². The first kappa shape index (κ1) is 33.7. The highest BCUT2D eigenvalue weighted by Gasteiger charge is 2.49. The van der Waals surface area contributed by atoms with Gasteiger partial charge < -0.3 is 37.9 Å². The molecule has 0 aromatic heterocycles. The van der Waals surface area contributed by atoms with Crippen LogP contribution in [0.2, 0.25) is 0 Å². The van der Waals surface area contributed by atoms with Gasteiger partial charge in [-0.3, -0.25) is 0 Å². The summed E-state index contributed by atoms with van der Waals surface area (Å²) in [7, 11) is 2.27. The second-order valence-corrected chi connectivity index (χ2v) is 16.1. The van der Waals surface area contributed by atoms with Crippen LogP contribution in [0.3, 0.4) is 0 Å². The molecule has 0 spiro atoms. The first-order valence-electron chi connectivity index (χ1n) is 15.9.